The van der Waals surface area contributed by atoms with Crippen molar-refractivity contribution in [1.82, 2.24) is 19.8 Å². The molecule has 1 atom stereocenters. The number of nitrogens with one attached hydrogen (secondary N) is 2. The number of fused-ring (bicyclic) bond motifs is 1. The maximum Gasteiger partial charge on any atom is 0.254 e. The fourth-order valence-corrected chi connectivity index (χ4v) is 8.33. The van der Waals surface area contributed by atoms with Crippen molar-refractivity contribution in [2.75, 3.05) is 25.5 Å². The molecule has 0 radical (unpaired) electrons. The van der Waals surface area contributed by atoms with Crippen LogP contribution in [0.5, 0.6) is 0 Å². The zero-order valence-electron chi connectivity index (χ0n) is 23.4. The van der Waals surface area contributed by atoms with E-state index in [4.69, 9.17) is 0 Å². The van der Waals surface area contributed by atoms with Gasteiger partial charge in [-0.3, -0.25) is 9.59 Å². The number of nitrogens with zero attached hydrogens (tertiary/aromatic N) is 2. The molecule has 2 aromatic heterocycles. The molecule has 0 saturated carbocycles. The first-order valence-electron chi connectivity index (χ1n) is 13.4. The molecule has 4 rings (SSSR count). The monoisotopic (exact) mass is 538 g/mol. The molecule has 0 unspecified atom stereocenters. The molecule has 1 saturated heterocycles. The lowest BCUT2D eigenvalue weighted by Gasteiger charge is -2.38. The maximum atomic E-state index is 13.6. The van der Waals surface area contributed by atoms with Crippen molar-refractivity contribution in [1.29, 1.82) is 0 Å². The van der Waals surface area contributed by atoms with E-state index in [0.717, 1.165) is 40.3 Å². The highest BCUT2D eigenvalue weighted by atomic mass is 32.2. The maximum absolute atomic E-state index is 13.6. The number of para-hydroxylation sites is 1. The lowest BCUT2D eigenvalue weighted by Crippen LogP contribution is -2.45. The number of carbonyl (C=O) groups is 1. The summed E-state index contributed by atoms with van der Waals surface area (Å²) >= 11 is 1.53. The number of aromatic nitrogens is 2. The van der Waals surface area contributed by atoms with Gasteiger partial charge in [-0.05, 0) is 77.2 Å². The Balaban J connectivity index is 1.58. The number of piperidine rings is 1. The Morgan fingerprint density at radius 1 is 1.19 bits per heavy atom. The second-order valence-corrected chi connectivity index (χ2v) is 18.1. The van der Waals surface area contributed by atoms with E-state index < -0.39 is 8.07 Å². The molecule has 1 aromatic carbocycles. The molecule has 6 nitrogen and oxygen atoms in total. The summed E-state index contributed by atoms with van der Waals surface area (Å²) in [4.78, 5) is 32.6. The van der Waals surface area contributed by atoms with E-state index in [0.29, 0.717) is 23.1 Å². The fourth-order valence-electron chi connectivity index (χ4n) is 5.97. The summed E-state index contributed by atoms with van der Waals surface area (Å²) in [5.41, 5.74) is 4.11. The van der Waals surface area contributed by atoms with E-state index in [9.17, 15) is 9.59 Å². The van der Waals surface area contributed by atoms with Gasteiger partial charge in [0.05, 0.1) is 13.6 Å². The van der Waals surface area contributed by atoms with Crippen LogP contribution in [0.15, 0.2) is 40.0 Å². The van der Waals surface area contributed by atoms with Gasteiger partial charge in [-0.25, -0.2) is 0 Å². The molecule has 1 aliphatic rings. The Morgan fingerprint density at radius 3 is 2.51 bits per heavy atom. The van der Waals surface area contributed by atoms with Crippen LogP contribution in [0.25, 0.3) is 10.9 Å². The smallest absolute Gasteiger partial charge is 0.254 e. The number of likely N-dealkylation sites (tertiary alicyclic amines) is 1. The van der Waals surface area contributed by atoms with Crippen LogP contribution in [0, 0.1) is 19.8 Å². The highest BCUT2D eigenvalue weighted by Crippen LogP contribution is 2.36. The Hall–Kier alpha value is -2.29. The molecule has 3 heterocycles. The Morgan fingerprint density at radius 2 is 1.86 bits per heavy atom. The Bertz CT molecular complexity index is 1330. The average molecular weight is 539 g/mol. The predicted octanol–water partition coefficient (Wildman–Crippen LogP) is 5.75. The minimum atomic E-state index is -1.10. The van der Waals surface area contributed by atoms with Crippen molar-refractivity contribution < 1.29 is 4.79 Å². The zero-order chi connectivity index (χ0) is 26.9. The van der Waals surface area contributed by atoms with Crippen LogP contribution in [0.1, 0.15) is 53.1 Å². The lowest BCUT2D eigenvalue weighted by molar-refractivity contribution is 0.0951. The predicted molar refractivity (Wildman–Crippen MR) is 159 cm³/mol. The molecular formula is C29H42N4O2SSi. The lowest BCUT2D eigenvalue weighted by atomic mass is 9.90. The van der Waals surface area contributed by atoms with E-state index in [1.807, 2.05) is 31.4 Å². The SMILES string of the molecule is CSc1cc(C)[nH]c(=O)c1CNC(=O)c1c(C)n([C@H](C)C2CCN(C[Si](C)(C)C)CC2)c2ccccc12. The van der Waals surface area contributed by atoms with E-state index in [1.54, 1.807) is 0 Å². The van der Waals surface area contributed by atoms with Crippen LogP contribution in [-0.4, -0.2) is 53.9 Å². The van der Waals surface area contributed by atoms with Gasteiger partial charge < -0.3 is 19.8 Å². The number of thioether (sulfide) groups is 1. The number of hydrogen-bond acceptors (Lipinski definition) is 4. The van der Waals surface area contributed by atoms with Crippen molar-refractivity contribution in [3.8, 4) is 0 Å². The largest absolute Gasteiger partial charge is 0.348 e. The minimum Gasteiger partial charge on any atom is -0.348 e. The molecular weight excluding hydrogens is 496 g/mol. The van der Waals surface area contributed by atoms with Gasteiger partial charge >= 0.3 is 0 Å². The van der Waals surface area contributed by atoms with Gasteiger partial charge in [-0.2, -0.15) is 0 Å². The van der Waals surface area contributed by atoms with Gasteiger partial charge in [0.25, 0.3) is 11.5 Å². The summed E-state index contributed by atoms with van der Waals surface area (Å²) in [7, 11) is -1.10. The normalized spacial score (nSPS) is 16.3. The van der Waals surface area contributed by atoms with E-state index in [2.05, 4.69) is 65.4 Å². The van der Waals surface area contributed by atoms with Gasteiger partial charge in [0.2, 0.25) is 0 Å². The van der Waals surface area contributed by atoms with Gasteiger partial charge in [0.15, 0.2) is 0 Å². The molecule has 0 aliphatic carbocycles. The number of pyridine rings is 1. The summed E-state index contributed by atoms with van der Waals surface area (Å²) in [6.07, 6.45) is 5.60. The van der Waals surface area contributed by atoms with Crippen LogP contribution in [0.4, 0.5) is 0 Å². The number of benzene rings is 1. The first-order chi connectivity index (χ1) is 17.5. The highest BCUT2D eigenvalue weighted by Gasteiger charge is 2.30. The van der Waals surface area contributed by atoms with Crippen LogP contribution in [0.3, 0.4) is 0 Å². The van der Waals surface area contributed by atoms with Crippen molar-refractivity contribution >= 4 is 36.6 Å². The number of aryl methyl sites for hydroxylation is 1. The van der Waals surface area contributed by atoms with Crippen molar-refractivity contribution in [3.05, 3.63) is 63.2 Å². The molecule has 0 spiro atoms. The zero-order valence-corrected chi connectivity index (χ0v) is 25.2. The number of H-pyrrole nitrogens is 1. The summed E-state index contributed by atoms with van der Waals surface area (Å²) in [6, 6.07) is 10.5. The molecule has 2 N–H and O–H groups in total. The fraction of sp³-hybridized carbons (Fsp3) is 0.517. The second-order valence-electron chi connectivity index (χ2n) is 11.8. The number of rotatable bonds is 8. The van der Waals surface area contributed by atoms with Gasteiger partial charge in [-0.15, -0.1) is 11.8 Å². The number of aromatic amines is 1. The van der Waals surface area contributed by atoms with Crippen LogP contribution in [-0.2, 0) is 6.54 Å². The molecule has 200 valence electrons. The van der Waals surface area contributed by atoms with Gasteiger partial charge in [0.1, 0.15) is 0 Å². The van der Waals surface area contributed by atoms with Gasteiger partial charge in [-0.1, -0.05) is 37.8 Å². The summed E-state index contributed by atoms with van der Waals surface area (Å²) in [6.45, 7) is 16.1. The second kappa shape index (κ2) is 11.2. The van der Waals surface area contributed by atoms with Gasteiger partial charge in [0, 0.05) is 45.3 Å². The molecule has 8 heteroatoms. The third kappa shape index (κ3) is 6.07. The van der Waals surface area contributed by atoms with Crippen molar-refractivity contribution in [3.63, 3.8) is 0 Å². The molecule has 3 aromatic rings. The summed E-state index contributed by atoms with van der Waals surface area (Å²) in [5, 5.41) is 4.03. The molecule has 37 heavy (non-hydrogen) atoms. The Kier molecular flexibility index (Phi) is 8.40. The third-order valence-electron chi connectivity index (χ3n) is 7.68. The standard InChI is InChI=1S/C29H42N4O2SSi/c1-19-16-26(36-4)24(28(34)31-19)17-30-29(35)27-21(3)33(25-11-9-8-10-23(25)27)20(2)22-12-14-32(15-13-22)18-37(5,6)7/h8-11,16,20,22H,12-15,17-18H2,1-7H3,(H,30,35)(H,31,34)/t20-/m1/s1. The van der Waals surface area contributed by atoms with Crippen molar-refractivity contribution in [2.24, 2.45) is 5.92 Å². The third-order valence-corrected chi connectivity index (χ3v) is 9.88. The highest BCUT2D eigenvalue weighted by molar-refractivity contribution is 7.98. The topological polar surface area (TPSA) is 70.1 Å². The van der Waals surface area contributed by atoms with Crippen LogP contribution in [0.2, 0.25) is 19.6 Å². The van der Waals surface area contributed by atoms with E-state index in [-0.39, 0.29) is 18.0 Å². The Labute approximate surface area is 226 Å². The van der Waals surface area contributed by atoms with E-state index >= 15 is 0 Å². The number of hydrogen-bond donors (Lipinski definition) is 2. The average Bonchev–Trinajstić information content (AvgIpc) is 3.13. The first-order valence-corrected chi connectivity index (χ1v) is 18.3. The van der Waals surface area contributed by atoms with Crippen molar-refractivity contribution in [2.45, 2.75) is 70.7 Å². The van der Waals surface area contributed by atoms with Crippen LogP contribution >= 0.6 is 11.8 Å². The minimum absolute atomic E-state index is 0.128. The first kappa shape index (κ1) is 27.7. The molecule has 1 amide bonds. The number of amides is 1. The molecule has 0 bridgehead atoms. The van der Waals surface area contributed by atoms with E-state index in [1.165, 1.54) is 30.8 Å². The molecule has 1 fully saturated rings. The number of carbonyl (C=O) groups excluding carboxylic acids is 1. The molecule has 1 aliphatic heterocycles. The quantitative estimate of drug-likeness (QED) is 0.283. The summed E-state index contributed by atoms with van der Waals surface area (Å²) < 4.78 is 2.38. The summed E-state index contributed by atoms with van der Waals surface area (Å²) in [5.74, 6) is 0.454. The van der Waals surface area contributed by atoms with Crippen LogP contribution < -0.4 is 10.9 Å².